The lowest BCUT2D eigenvalue weighted by atomic mass is 10.2. The van der Waals surface area contributed by atoms with Gasteiger partial charge in [0.15, 0.2) is 4.80 Å². The topological polar surface area (TPSA) is 86.7 Å². The molecule has 144 valence electrons. The summed E-state index contributed by atoms with van der Waals surface area (Å²) in [6.07, 6.45) is 0. The minimum absolute atomic E-state index is 0. The summed E-state index contributed by atoms with van der Waals surface area (Å²) in [6, 6.07) is 12.5. The molecule has 0 aliphatic rings. The zero-order valence-corrected chi connectivity index (χ0v) is 19.4. The molecule has 27 heavy (non-hydrogen) atoms. The molecule has 1 heterocycles. The largest absolute Gasteiger partial charge is 0.497 e. The molecule has 0 unspecified atom stereocenters. The molecule has 0 radical (unpaired) electrons. The van der Waals surface area contributed by atoms with Crippen LogP contribution in [0.1, 0.15) is 0 Å². The Balaban J connectivity index is 0.00000261. The van der Waals surface area contributed by atoms with Gasteiger partial charge >= 0.3 is 0 Å². The smallest absolute Gasteiger partial charge is 0.239 e. The van der Waals surface area contributed by atoms with E-state index in [4.69, 9.17) is 9.88 Å². The number of primary sulfonamides is 1. The Morgan fingerprint density at radius 1 is 1.19 bits per heavy atom. The molecule has 6 nitrogen and oxygen atoms in total. The number of benzene rings is 2. The van der Waals surface area contributed by atoms with Crippen LogP contribution in [0.4, 0.5) is 5.69 Å². The third-order valence-electron chi connectivity index (χ3n) is 3.75. The predicted molar refractivity (Wildman–Crippen MR) is 116 cm³/mol. The Morgan fingerprint density at radius 3 is 2.44 bits per heavy atom. The summed E-state index contributed by atoms with van der Waals surface area (Å²) in [5, 5.41) is 7.21. The number of rotatable bonds is 4. The molecule has 0 bridgehead atoms. The number of halogens is 2. The first-order chi connectivity index (χ1) is 12.3. The molecule has 2 aromatic carbocycles. The second kappa shape index (κ2) is 8.70. The average molecular weight is 535 g/mol. The third kappa shape index (κ3) is 4.88. The van der Waals surface area contributed by atoms with Crippen LogP contribution >= 0.6 is 44.2 Å². The van der Waals surface area contributed by atoms with Gasteiger partial charge in [0.05, 0.1) is 23.4 Å². The first-order valence-electron chi connectivity index (χ1n) is 7.45. The van der Waals surface area contributed by atoms with Gasteiger partial charge in [0, 0.05) is 22.5 Å². The highest BCUT2D eigenvalue weighted by molar-refractivity contribution is 9.10. The maximum Gasteiger partial charge on any atom is 0.239 e. The first kappa shape index (κ1) is 21.8. The lowest BCUT2D eigenvalue weighted by Gasteiger charge is -2.07. The van der Waals surface area contributed by atoms with Crippen molar-refractivity contribution in [1.82, 2.24) is 4.57 Å². The molecule has 0 saturated heterocycles. The molecule has 0 atom stereocenters. The number of nitrogens with two attached hydrogens (primary N) is 1. The van der Waals surface area contributed by atoms with Crippen molar-refractivity contribution in [2.75, 3.05) is 7.11 Å². The normalized spacial score (nSPS) is 11.9. The van der Waals surface area contributed by atoms with Crippen LogP contribution in [0.15, 0.2) is 62.2 Å². The van der Waals surface area contributed by atoms with Crippen LogP contribution in [-0.2, 0) is 17.1 Å². The molecule has 2 N–H and O–H groups in total. The molecule has 1 aromatic heterocycles. The van der Waals surface area contributed by atoms with Crippen LogP contribution in [0.3, 0.4) is 0 Å². The Hall–Kier alpha value is -1.46. The number of nitrogens with zero attached hydrogens (tertiary/aromatic N) is 2. The van der Waals surface area contributed by atoms with E-state index >= 15 is 0 Å². The van der Waals surface area contributed by atoms with Crippen molar-refractivity contribution < 1.29 is 13.2 Å². The van der Waals surface area contributed by atoms with Crippen LogP contribution in [-0.4, -0.2) is 20.1 Å². The Labute approximate surface area is 180 Å². The molecule has 0 aliphatic heterocycles. The fourth-order valence-electron chi connectivity index (χ4n) is 2.38. The van der Waals surface area contributed by atoms with Crippen LogP contribution < -0.4 is 14.7 Å². The summed E-state index contributed by atoms with van der Waals surface area (Å²) in [6.45, 7) is 0. The molecule has 3 aromatic rings. The van der Waals surface area contributed by atoms with E-state index in [9.17, 15) is 8.42 Å². The van der Waals surface area contributed by atoms with E-state index in [-0.39, 0.29) is 21.9 Å². The van der Waals surface area contributed by atoms with E-state index in [0.29, 0.717) is 4.47 Å². The highest BCUT2D eigenvalue weighted by Gasteiger charge is 2.15. The molecule has 0 amide bonds. The second-order valence-corrected chi connectivity index (χ2v) is 8.68. The number of ether oxygens (including phenoxy) is 1. The number of sulfonamides is 1. The van der Waals surface area contributed by atoms with Crippen molar-refractivity contribution in [3.8, 4) is 17.0 Å². The number of methoxy groups -OCH3 is 1. The van der Waals surface area contributed by atoms with Gasteiger partial charge in [-0.05, 0) is 52.3 Å². The van der Waals surface area contributed by atoms with E-state index in [1.807, 2.05) is 47.3 Å². The van der Waals surface area contributed by atoms with E-state index in [2.05, 4.69) is 20.9 Å². The average Bonchev–Trinajstić information content (AvgIpc) is 2.96. The van der Waals surface area contributed by atoms with Gasteiger partial charge in [0.1, 0.15) is 5.75 Å². The van der Waals surface area contributed by atoms with Crippen LogP contribution in [0, 0.1) is 0 Å². The maximum absolute atomic E-state index is 11.7. The summed E-state index contributed by atoms with van der Waals surface area (Å²) in [7, 11) is -0.315. The Bertz CT molecular complexity index is 1120. The quantitative estimate of drug-likeness (QED) is 0.549. The maximum atomic E-state index is 11.7. The molecular weight excluding hydrogens is 518 g/mol. The summed E-state index contributed by atoms with van der Waals surface area (Å²) in [5.74, 6) is 0.769. The number of hydrogen-bond acceptors (Lipinski definition) is 5. The second-order valence-electron chi connectivity index (χ2n) is 5.46. The number of hydrogen-bond donors (Lipinski definition) is 1. The van der Waals surface area contributed by atoms with Crippen molar-refractivity contribution in [1.29, 1.82) is 0 Å². The highest BCUT2D eigenvalue weighted by atomic mass is 79.9. The minimum atomic E-state index is -3.81. The fourth-order valence-corrected chi connectivity index (χ4v) is 4.86. The predicted octanol–water partition coefficient (Wildman–Crippen LogP) is 3.98. The molecule has 0 aliphatic carbocycles. The Morgan fingerprint density at radius 2 is 1.85 bits per heavy atom. The van der Waals surface area contributed by atoms with E-state index in [1.165, 1.54) is 11.3 Å². The van der Waals surface area contributed by atoms with Gasteiger partial charge < -0.3 is 9.30 Å². The van der Waals surface area contributed by atoms with Crippen molar-refractivity contribution in [3.63, 3.8) is 0 Å². The SMILES string of the molecule is Br.COc1ccc(N=c2scc(-c3ccc(Br)c(S(N)(=O)=O)c3)n2C)cc1. The van der Waals surface area contributed by atoms with Crippen molar-refractivity contribution in [2.24, 2.45) is 17.2 Å². The Kier molecular flexibility index (Phi) is 7.03. The van der Waals surface area contributed by atoms with Gasteiger partial charge in [-0.3, -0.25) is 0 Å². The molecule has 0 saturated carbocycles. The summed E-state index contributed by atoms with van der Waals surface area (Å²) in [4.78, 5) is 5.46. The van der Waals surface area contributed by atoms with Gasteiger partial charge in [-0.25, -0.2) is 18.5 Å². The van der Waals surface area contributed by atoms with Crippen LogP contribution in [0.2, 0.25) is 0 Å². The molecule has 3 rings (SSSR count). The van der Waals surface area contributed by atoms with Gasteiger partial charge in [0.25, 0.3) is 0 Å². The molecular formula is C17H17Br2N3O3S2. The lowest BCUT2D eigenvalue weighted by molar-refractivity contribution is 0.415. The standard InChI is InChI=1S/C17H16BrN3O3S2.BrH/c1-21-15(11-3-8-14(18)16(9-11)26(19,22)23)10-25-17(21)20-12-4-6-13(24-2)7-5-12;/h3-10H,1-2H3,(H2,19,22,23);1H. The van der Waals surface area contributed by atoms with E-state index in [0.717, 1.165) is 27.5 Å². The zero-order valence-electron chi connectivity index (χ0n) is 14.4. The molecule has 10 heteroatoms. The molecule has 0 fully saturated rings. The number of thiazole rings is 1. The molecule has 0 spiro atoms. The first-order valence-corrected chi connectivity index (χ1v) is 10.7. The monoisotopic (exact) mass is 533 g/mol. The van der Waals surface area contributed by atoms with Gasteiger partial charge in [-0.1, -0.05) is 6.07 Å². The number of aromatic nitrogens is 1. The van der Waals surface area contributed by atoms with Crippen LogP contribution in [0.25, 0.3) is 11.3 Å². The van der Waals surface area contributed by atoms with E-state index < -0.39 is 10.0 Å². The highest BCUT2D eigenvalue weighted by Crippen LogP contribution is 2.28. The lowest BCUT2D eigenvalue weighted by Crippen LogP contribution is -2.14. The van der Waals surface area contributed by atoms with Crippen molar-refractivity contribution in [2.45, 2.75) is 4.90 Å². The zero-order chi connectivity index (χ0) is 18.9. The van der Waals surface area contributed by atoms with Gasteiger partial charge in [-0.15, -0.1) is 28.3 Å². The van der Waals surface area contributed by atoms with Gasteiger partial charge in [0.2, 0.25) is 10.0 Å². The third-order valence-corrected chi connectivity index (χ3v) is 6.58. The summed E-state index contributed by atoms with van der Waals surface area (Å²) in [5.41, 5.74) is 2.39. The minimum Gasteiger partial charge on any atom is -0.497 e. The van der Waals surface area contributed by atoms with E-state index in [1.54, 1.807) is 19.2 Å². The van der Waals surface area contributed by atoms with Crippen molar-refractivity contribution >= 4 is 60.0 Å². The fraction of sp³-hybridized carbons (Fsp3) is 0.118. The van der Waals surface area contributed by atoms with Crippen LogP contribution in [0.5, 0.6) is 5.75 Å². The van der Waals surface area contributed by atoms with Gasteiger partial charge in [-0.2, -0.15) is 0 Å². The summed E-state index contributed by atoms with van der Waals surface area (Å²) >= 11 is 4.69. The van der Waals surface area contributed by atoms with Crippen molar-refractivity contribution in [3.05, 3.63) is 57.1 Å². The summed E-state index contributed by atoms with van der Waals surface area (Å²) < 4.78 is 31.0.